The maximum atomic E-state index is 12.4. The maximum Gasteiger partial charge on any atom is 0.253 e. The SMILES string of the molecule is CCc1c(-c2cccc(C(=O)N(C)C)c2)cnc2[nH]cc(-c3cnccc3OC)c12. The number of methoxy groups -OCH3 is 1. The summed E-state index contributed by atoms with van der Waals surface area (Å²) in [5, 5.41) is 1.05. The summed E-state index contributed by atoms with van der Waals surface area (Å²) in [6.07, 6.45) is 8.17. The van der Waals surface area contributed by atoms with E-state index in [2.05, 4.69) is 21.9 Å². The van der Waals surface area contributed by atoms with E-state index in [1.165, 1.54) is 0 Å². The van der Waals surface area contributed by atoms with Crippen molar-refractivity contribution in [3.8, 4) is 28.0 Å². The zero-order valence-corrected chi connectivity index (χ0v) is 17.6. The molecule has 0 fully saturated rings. The van der Waals surface area contributed by atoms with Crippen molar-refractivity contribution in [2.75, 3.05) is 21.2 Å². The van der Waals surface area contributed by atoms with Crippen LogP contribution in [0.1, 0.15) is 22.8 Å². The molecule has 0 aliphatic rings. The summed E-state index contributed by atoms with van der Waals surface area (Å²) in [7, 11) is 5.17. The van der Waals surface area contributed by atoms with Gasteiger partial charge in [0.2, 0.25) is 0 Å². The second kappa shape index (κ2) is 7.99. The third kappa shape index (κ3) is 3.30. The molecule has 0 aliphatic heterocycles. The average Bonchev–Trinajstić information content (AvgIpc) is 3.22. The van der Waals surface area contributed by atoms with Gasteiger partial charge in [0, 0.05) is 66.5 Å². The van der Waals surface area contributed by atoms with Gasteiger partial charge in [-0.25, -0.2) is 4.98 Å². The zero-order valence-electron chi connectivity index (χ0n) is 17.6. The molecule has 3 heterocycles. The van der Waals surface area contributed by atoms with E-state index in [-0.39, 0.29) is 5.91 Å². The quantitative estimate of drug-likeness (QED) is 0.533. The molecule has 4 aromatic rings. The van der Waals surface area contributed by atoms with Crippen molar-refractivity contribution in [1.82, 2.24) is 19.9 Å². The van der Waals surface area contributed by atoms with Crippen molar-refractivity contribution in [3.05, 3.63) is 66.2 Å². The highest BCUT2D eigenvalue weighted by atomic mass is 16.5. The Bertz CT molecular complexity index is 1230. The summed E-state index contributed by atoms with van der Waals surface area (Å²) in [6, 6.07) is 9.56. The first-order chi connectivity index (χ1) is 14.5. The van der Waals surface area contributed by atoms with Gasteiger partial charge in [0.05, 0.1) is 7.11 Å². The van der Waals surface area contributed by atoms with Crippen molar-refractivity contribution in [3.63, 3.8) is 0 Å². The molecule has 0 bridgehead atoms. The normalized spacial score (nSPS) is 10.9. The van der Waals surface area contributed by atoms with Crippen molar-refractivity contribution in [1.29, 1.82) is 0 Å². The molecule has 0 spiro atoms. The van der Waals surface area contributed by atoms with Crippen molar-refractivity contribution in [2.45, 2.75) is 13.3 Å². The van der Waals surface area contributed by atoms with Gasteiger partial charge >= 0.3 is 0 Å². The number of aromatic amines is 1. The fourth-order valence-corrected chi connectivity index (χ4v) is 3.83. The van der Waals surface area contributed by atoms with Crippen LogP contribution < -0.4 is 4.74 Å². The van der Waals surface area contributed by atoms with Gasteiger partial charge in [-0.15, -0.1) is 0 Å². The van der Waals surface area contributed by atoms with Gasteiger partial charge in [-0.1, -0.05) is 19.1 Å². The number of H-pyrrole nitrogens is 1. The minimum atomic E-state index is -0.0219. The van der Waals surface area contributed by atoms with Gasteiger partial charge in [-0.3, -0.25) is 9.78 Å². The lowest BCUT2D eigenvalue weighted by molar-refractivity contribution is 0.0827. The minimum Gasteiger partial charge on any atom is -0.496 e. The van der Waals surface area contributed by atoms with Gasteiger partial charge in [0.1, 0.15) is 11.4 Å². The topological polar surface area (TPSA) is 71.1 Å². The van der Waals surface area contributed by atoms with E-state index < -0.39 is 0 Å². The second-order valence-corrected chi connectivity index (χ2v) is 7.29. The van der Waals surface area contributed by atoms with E-state index in [0.717, 1.165) is 51.0 Å². The summed E-state index contributed by atoms with van der Waals surface area (Å²) >= 11 is 0. The summed E-state index contributed by atoms with van der Waals surface area (Å²) < 4.78 is 5.55. The van der Waals surface area contributed by atoms with Gasteiger partial charge in [0.15, 0.2) is 0 Å². The van der Waals surface area contributed by atoms with Crippen molar-refractivity contribution >= 4 is 16.9 Å². The van der Waals surface area contributed by atoms with E-state index >= 15 is 0 Å². The summed E-state index contributed by atoms with van der Waals surface area (Å²) in [5.74, 6) is 0.739. The van der Waals surface area contributed by atoms with Gasteiger partial charge in [-0.05, 0) is 35.7 Å². The third-order valence-corrected chi connectivity index (χ3v) is 5.28. The predicted octanol–water partition coefficient (Wildman–Crippen LogP) is 4.56. The summed E-state index contributed by atoms with van der Waals surface area (Å²) in [5.41, 5.74) is 6.54. The number of rotatable bonds is 5. The van der Waals surface area contributed by atoms with E-state index in [1.807, 2.05) is 48.9 Å². The van der Waals surface area contributed by atoms with E-state index in [1.54, 1.807) is 32.3 Å². The summed E-state index contributed by atoms with van der Waals surface area (Å²) in [6.45, 7) is 2.13. The molecule has 0 aliphatic carbocycles. The Morgan fingerprint density at radius 2 is 1.97 bits per heavy atom. The number of hydrogen-bond acceptors (Lipinski definition) is 4. The van der Waals surface area contributed by atoms with Crippen LogP contribution in [0, 0.1) is 0 Å². The molecule has 3 aromatic heterocycles. The molecule has 6 heteroatoms. The monoisotopic (exact) mass is 400 g/mol. The van der Waals surface area contributed by atoms with Crippen LogP contribution in [0.4, 0.5) is 0 Å². The molecular formula is C24H24N4O2. The molecule has 1 aromatic carbocycles. The Hall–Kier alpha value is -3.67. The molecule has 0 saturated heterocycles. The van der Waals surface area contributed by atoms with Crippen molar-refractivity contribution < 1.29 is 9.53 Å². The van der Waals surface area contributed by atoms with Crippen LogP contribution >= 0.6 is 0 Å². The molecular weight excluding hydrogens is 376 g/mol. The van der Waals surface area contributed by atoms with Crippen molar-refractivity contribution in [2.24, 2.45) is 0 Å². The Labute approximate surface area is 175 Å². The molecule has 0 atom stereocenters. The second-order valence-electron chi connectivity index (χ2n) is 7.29. The predicted molar refractivity (Wildman–Crippen MR) is 119 cm³/mol. The highest BCUT2D eigenvalue weighted by Gasteiger charge is 2.18. The van der Waals surface area contributed by atoms with Crippen LogP contribution in [0.2, 0.25) is 0 Å². The first-order valence-corrected chi connectivity index (χ1v) is 9.84. The third-order valence-electron chi connectivity index (χ3n) is 5.28. The number of amides is 1. The molecule has 0 unspecified atom stereocenters. The molecule has 30 heavy (non-hydrogen) atoms. The molecule has 0 radical (unpaired) electrons. The largest absolute Gasteiger partial charge is 0.496 e. The van der Waals surface area contributed by atoms with E-state index in [9.17, 15) is 4.79 Å². The first kappa shape index (κ1) is 19.6. The fraction of sp³-hybridized carbons (Fsp3) is 0.208. The number of aryl methyl sites for hydroxylation is 1. The number of carbonyl (C=O) groups excluding carboxylic acids is 1. The number of fused-ring (bicyclic) bond motifs is 1. The molecule has 0 saturated carbocycles. The van der Waals surface area contributed by atoms with Crippen LogP contribution in [0.25, 0.3) is 33.3 Å². The number of nitrogens with one attached hydrogen (secondary N) is 1. The summed E-state index contributed by atoms with van der Waals surface area (Å²) in [4.78, 5) is 26.3. The number of nitrogens with zero attached hydrogens (tertiary/aromatic N) is 3. The number of ether oxygens (including phenoxy) is 1. The molecule has 1 N–H and O–H groups in total. The Morgan fingerprint density at radius 1 is 1.13 bits per heavy atom. The highest BCUT2D eigenvalue weighted by molar-refractivity contribution is 6.01. The van der Waals surface area contributed by atoms with Crippen LogP contribution in [-0.4, -0.2) is 47.0 Å². The number of pyridine rings is 2. The number of benzene rings is 1. The fourth-order valence-electron chi connectivity index (χ4n) is 3.83. The van der Waals surface area contributed by atoms with Gasteiger partial charge < -0.3 is 14.6 Å². The molecule has 6 nitrogen and oxygen atoms in total. The number of aromatic nitrogens is 3. The lowest BCUT2D eigenvalue weighted by Gasteiger charge is -2.14. The standard InChI is InChI=1S/C24H24N4O2/c1-5-17-18(15-7-6-8-16(11-15)24(29)28(2)3)13-26-23-22(17)20(14-27-23)19-12-25-10-9-21(19)30-4/h6-14H,5H2,1-4H3,(H,26,27). The maximum absolute atomic E-state index is 12.4. The van der Waals surface area contributed by atoms with E-state index in [0.29, 0.717) is 5.56 Å². The molecule has 1 amide bonds. The lowest BCUT2D eigenvalue weighted by Crippen LogP contribution is -2.21. The highest BCUT2D eigenvalue weighted by Crippen LogP contribution is 2.38. The van der Waals surface area contributed by atoms with Crippen LogP contribution in [0.5, 0.6) is 5.75 Å². The Kier molecular flexibility index (Phi) is 5.23. The molecule has 152 valence electrons. The van der Waals surface area contributed by atoms with E-state index in [4.69, 9.17) is 4.74 Å². The number of carbonyl (C=O) groups is 1. The smallest absolute Gasteiger partial charge is 0.253 e. The van der Waals surface area contributed by atoms with Crippen LogP contribution in [0.3, 0.4) is 0 Å². The average molecular weight is 400 g/mol. The van der Waals surface area contributed by atoms with Crippen LogP contribution in [-0.2, 0) is 6.42 Å². The Morgan fingerprint density at radius 3 is 2.70 bits per heavy atom. The molecule has 4 rings (SSSR count). The Balaban J connectivity index is 1.94. The minimum absolute atomic E-state index is 0.0219. The van der Waals surface area contributed by atoms with Gasteiger partial charge in [0.25, 0.3) is 5.91 Å². The zero-order chi connectivity index (χ0) is 21.3. The number of hydrogen-bond donors (Lipinski definition) is 1. The first-order valence-electron chi connectivity index (χ1n) is 9.84. The van der Waals surface area contributed by atoms with Gasteiger partial charge in [-0.2, -0.15) is 0 Å². The van der Waals surface area contributed by atoms with Crippen LogP contribution in [0.15, 0.2) is 55.1 Å². The lowest BCUT2D eigenvalue weighted by atomic mass is 9.93.